The molecule has 1 heterocycles. The van der Waals surface area contributed by atoms with Crippen LogP contribution in [0.4, 0.5) is 4.39 Å². The second-order valence-corrected chi connectivity index (χ2v) is 9.47. The fraction of sp³-hybridized carbons (Fsp3) is 0.190. The average Bonchev–Trinajstić information content (AvgIpc) is 3.20. The smallest absolute Gasteiger partial charge is 0.252 e. The van der Waals surface area contributed by atoms with Crippen molar-refractivity contribution in [3.8, 4) is 0 Å². The molecule has 0 saturated carbocycles. The van der Waals surface area contributed by atoms with E-state index in [1.165, 1.54) is 41.7 Å². The lowest BCUT2D eigenvalue weighted by atomic mass is 10.0. The van der Waals surface area contributed by atoms with Gasteiger partial charge in [0.05, 0.1) is 10.9 Å². The minimum atomic E-state index is -3.71. The van der Waals surface area contributed by atoms with Crippen molar-refractivity contribution >= 4 is 27.3 Å². The molecule has 8 heteroatoms. The Kier molecular flexibility index (Phi) is 6.46. The first kappa shape index (κ1) is 21.2. The van der Waals surface area contributed by atoms with E-state index in [-0.39, 0.29) is 22.3 Å². The Morgan fingerprint density at radius 1 is 1.03 bits per heavy atom. The molecule has 2 aromatic carbocycles. The number of amides is 1. The minimum Gasteiger partial charge on any atom is -0.340 e. The van der Waals surface area contributed by atoms with Gasteiger partial charge in [-0.25, -0.2) is 17.5 Å². The summed E-state index contributed by atoms with van der Waals surface area (Å²) in [4.78, 5) is 13.8. The first-order valence-electron chi connectivity index (χ1n) is 8.98. The van der Waals surface area contributed by atoms with Gasteiger partial charge in [-0.05, 0) is 61.2 Å². The van der Waals surface area contributed by atoms with Crippen LogP contribution in [0.1, 0.15) is 40.7 Å². The zero-order valence-corrected chi connectivity index (χ0v) is 17.6. The summed E-state index contributed by atoms with van der Waals surface area (Å²) in [6.07, 6.45) is 0. The zero-order valence-electron chi connectivity index (χ0n) is 15.9. The van der Waals surface area contributed by atoms with Crippen LogP contribution in [0.3, 0.4) is 0 Å². The second kappa shape index (κ2) is 8.86. The van der Waals surface area contributed by atoms with Crippen LogP contribution in [0.2, 0.25) is 0 Å². The van der Waals surface area contributed by atoms with Gasteiger partial charge in [0, 0.05) is 16.5 Å². The van der Waals surface area contributed by atoms with Gasteiger partial charge in [0.25, 0.3) is 5.91 Å². The van der Waals surface area contributed by atoms with Gasteiger partial charge in [-0.2, -0.15) is 0 Å². The van der Waals surface area contributed by atoms with E-state index in [2.05, 4.69) is 10.0 Å². The lowest BCUT2D eigenvalue weighted by Crippen LogP contribution is -2.31. The Hall–Kier alpha value is -2.55. The number of hydrogen-bond acceptors (Lipinski definition) is 4. The highest BCUT2D eigenvalue weighted by Gasteiger charge is 2.21. The van der Waals surface area contributed by atoms with Crippen molar-refractivity contribution in [1.82, 2.24) is 10.0 Å². The molecule has 152 valence electrons. The SMILES string of the molecule is CC(C)NS(=O)(=O)c1cccc(C(=O)NC(c2ccc(F)cc2)c2cccs2)c1. The predicted octanol–water partition coefficient (Wildman–Crippen LogP) is 4.09. The Morgan fingerprint density at radius 3 is 2.38 bits per heavy atom. The monoisotopic (exact) mass is 432 g/mol. The molecule has 1 atom stereocenters. The maximum absolute atomic E-state index is 13.3. The first-order chi connectivity index (χ1) is 13.8. The van der Waals surface area contributed by atoms with E-state index < -0.39 is 22.0 Å². The van der Waals surface area contributed by atoms with Crippen LogP contribution in [0.15, 0.2) is 70.9 Å². The van der Waals surface area contributed by atoms with E-state index in [4.69, 9.17) is 0 Å². The van der Waals surface area contributed by atoms with Crippen molar-refractivity contribution in [2.75, 3.05) is 0 Å². The molecule has 1 amide bonds. The summed E-state index contributed by atoms with van der Waals surface area (Å²) in [5.74, 6) is -0.783. The van der Waals surface area contributed by atoms with Crippen LogP contribution in [-0.2, 0) is 10.0 Å². The van der Waals surface area contributed by atoms with E-state index in [0.717, 1.165) is 10.4 Å². The molecule has 1 aromatic heterocycles. The minimum absolute atomic E-state index is 0.0216. The van der Waals surface area contributed by atoms with Gasteiger partial charge in [0.1, 0.15) is 5.82 Å². The topological polar surface area (TPSA) is 75.3 Å². The van der Waals surface area contributed by atoms with Gasteiger partial charge in [0.2, 0.25) is 10.0 Å². The van der Waals surface area contributed by atoms with Crippen molar-refractivity contribution in [2.24, 2.45) is 0 Å². The summed E-state index contributed by atoms with van der Waals surface area (Å²) in [5.41, 5.74) is 0.952. The molecule has 0 aliphatic heterocycles. The van der Waals surface area contributed by atoms with Gasteiger partial charge in [-0.3, -0.25) is 4.79 Å². The maximum atomic E-state index is 13.3. The van der Waals surface area contributed by atoms with E-state index in [0.29, 0.717) is 0 Å². The van der Waals surface area contributed by atoms with Crippen LogP contribution >= 0.6 is 11.3 Å². The summed E-state index contributed by atoms with van der Waals surface area (Å²) in [6.45, 7) is 3.45. The summed E-state index contributed by atoms with van der Waals surface area (Å²) in [5, 5.41) is 4.82. The lowest BCUT2D eigenvalue weighted by molar-refractivity contribution is 0.0943. The molecule has 0 radical (unpaired) electrons. The number of nitrogens with one attached hydrogen (secondary N) is 2. The van der Waals surface area contributed by atoms with E-state index >= 15 is 0 Å². The third kappa shape index (κ3) is 5.29. The van der Waals surface area contributed by atoms with Crippen molar-refractivity contribution < 1.29 is 17.6 Å². The molecule has 0 saturated heterocycles. The molecule has 3 aromatic rings. The van der Waals surface area contributed by atoms with Crippen molar-refractivity contribution in [3.63, 3.8) is 0 Å². The number of rotatable bonds is 7. The van der Waals surface area contributed by atoms with Gasteiger partial charge in [0.15, 0.2) is 0 Å². The predicted molar refractivity (Wildman–Crippen MR) is 112 cm³/mol. The highest BCUT2D eigenvalue weighted by Crippen LogP contribution is 2.27. The van der Waals surface area contributed by atoms with E-state index in [1.54, 1.807) is 32.0 Å². The van der Waals surface area contributed by atoms with Crippen molar-refractivity contribution in [2.45, 2.75) is 30.8 Å². The third-order valence-electron chi connectivity index (χ3n) is 4.10. The van der Waals surface area contributed by atoms with Crippen LogP contribution in [-0.4, -0.2) is 20.4 Å². The highest BCUT2D eigenvalue weighted by molar-refractivity contribution is 7.89. The molecule has 5 nitrogen and oxygen atoms in total. The number of sulfonamides is 1. The van der Waals surface area contributed by atoms with Crippen LogP contribution < -0.4 is 10.0 Å². The summed E-state index contributed by atoms with van der Waals surface area (Å²) in [7, 11) is -3.71. The molecule has 1 unspecified atom stereocenters. The number of thiophene rings is 1. The molecule has 0 bridgehead atoms. The normalized spacial score (nSPS) is 12.7. The maximum Gasteiger partial charge on any atom is 0.252 e. The zero-order chi connectivity index (χ0) is 21.0. The number of hydrogen-bond donors (Lipinski definition) is 2. The number of carbonyl (C=O) groups excluding carboxylic acids is 1. The molecule has 2 N–H and O–H groups in total. The van der Waals surface area contributed by atoms with E-state index in [9.17, 15) is 17.6 Å². The second-order valence-electron chi connectivity index (χ2n) is 6.78. The van der Waals surface area contributed by atoms with E-state index in [1.807, 2.05) is 17.5 Å². The van der Waals surface area contributed by atoms with Gasteiger partial charge in [-0.15, -0.1) is 11.3 Å². The number of halogens is 1. The summed E-state index contributed by atoms with van der Waals surface area (Å²) < 4.78 is 40.6. The lowest BCUT2D eigenvalue weighted by Gasteiger charge is -2.18. The van der Waals surface area contributed by atoms with Crippen molar-refractivity contribution in [3.05, 3.63) is 87.9 Å². The highest BCUT2D eigenvalue weighted by atomic mass is 32.2. The molecular formula is C21H21FN2O3S2. The Bertz CT molecular complexity index is 1080. The standard InChI is InChI=1S/C21H21FN2O3S2/c1-14(2)24-29(26,27)18-6-3-5-16(13-18)21(25)23-20(19-7-4-12-28-19)15-8-10-17(22)11-9-15/h3-14,20,24H,1-2H3,(H,23,25). The van der Waals surface area contributed by atoms with Gasteiger partial charge >= 0.3 is 0 Å². The molecule has 29 heavy (non-hydrogen) atoms. The number of carbonyl (C=O) groups is 1. The van der Waals surface area contributed by atoms with Gasteiger partial charge < -0.3 is 5.32 Å². The van der Waals surface area contributed by atoms with Crippen LogP contribution in [0.5, 0.6) is 0 Å². The largest absolute Gasteiger partial charge is 0.340 e. The quantitative estimate of drug-likeness (QED) is 0.590. The Balaban J connectivity index is 1.89. The third-order valence-corrected chi connectivity index (χ3v) is 6.70. The first-order valence-corrected chi connectivity index (χ1v) is 11.3. The fourth-order valence-corrected chi connectivity index (χ4v) is 4.93. The molecule has 3 rings (SSSR count). The van der Waals surface area contributed by atoms with Crippen LogP contribution in [0.25, 0.3) is 0 Å². The summed E-state index contributed by atoms with van der Waals surface area (Å²) >= 11 is 1.47. The number of benzene rings is 2. The Labute approximate surface area is 173 Å². The van der Waals surface area contributed by atoms with Crippen LogP contribution in [0, 0.1) is 5.82 Å². The molecule has 0 fully saturated rings. The Morgan fingerprint density at radius 2 is 1.76 bits per heavy atom. The van der Waals surface area contributed by atoms with Gasteiger partial charge in [-0.1, -0.05) is 24.3 Å². The summed E-state index contributed by atoms with van der Waals surface area (Å²) in [6, 6.07) is 14.8. The molecule has 0 aliphatic carbocycles. The molecular weight excluding hydrogens is 411 g/mol. The average molecular weight is 433 g/mol. The molecule has 0 spiro atoms. The molecule has 0 aliphatic rings. The van der Waals surface area contributed by atoms with Crippen molar-refractivity contribution in [1.29, 1.82) is 0 Å². The fourth-order valence-electron chi connectivity index (χ4n) is 2.83.